The Labute approximate surface area is 174 Å². The van der Waals surface area contributed by atoms with Crippen LogP contribution in [0.4, 0.5) is 5.00 Å². The molecule has 0 aromatic carbocycles. The molecule has 0 spiro atoms. The van der Waals surface area contributed by atoms with Gasteiger partial charge in [-0.2, -0.15) is 0 Å². The summed E-state index contributed by atoms with van der Waals surface area (Å²) in [5.41, 5.74) is -1.28. The molecule has 3 rings (SSSR count). The van der Waals surface area contributed by atoms with Gasteiger partial charge in [0.2, 0.25) is 0 Å². The highest BCUT2D eigenvalue weighted by Gasteiger charge is 2.46. The summed E-state index contributed by atoms with van der Waals surface area (Å²) in [6.45, 7) is 2.93. The van der Waals surface area contributed by atoms with E-state index in [9.17, 15) is 30.0 Å². The number of nitrogens with one attached hydrogen (secondary N) is 1. The van der Waals surface area contributed by atoms with E-state index >= 15 is 0 Å². The van der Waals surface area contributed by atoms with Gasteiger partial charge in [-0.1, -0.05) is 11.8 Å². The quantitative estimate of drug-likeness (QED) is 0.181. The van der Waals surface area contributed by atoms with E-state index in [1.165, 1.54) is 0 Å². The minimum absolute atomic E-state index is 0.195. The second-order valence-electron chi connectivity index (χ2n) is 6.52. The summed E-state index contributed by atoms with van der Waals surface area (Å²) >= 11 is 1.94. The van der Waals surface area contributed by atoms with Crippen LogP contribution in [0.5, 0.6) is 0 Å². The maximum Gasteiger partial charge on any atom is 0.348 e. The predicted molar refractivity (Wildman–Crippen MR) is 104 cm³/mol. The number of thiophene rings is 1. The van der Waals surface area contributed by atoms with Crippen LogP contribution in [0.2, 0.25) is 0 Å². The molecule has 11 nitrogen and oxygen atoms in total. The highest BCUT2D eigenvalue weighted by Crippen LogP contribution is 2.41. The lowest BCUT2D eigenvalue weighted by atomic mass is 10.0. The van der Waals surface area contributed by atoms with Crippen LogP contribution in [0.1, 0.15) is 32.5 Å². The molecule has 0 radical (unpaired) electrons. The summed E-state index contributed by atoms with van der Waals surface area (Å²) < 4.78 is 10.5. The van der Waals surface area contributed by atoms with Crippen LogP contribution in [0.25, 0.3) is 0 Å². The third-order valence-electron chi connectivity index (χ3n) is 4.67. The molecule has 29 heavy (non-hydrogen) atoms. The summed E-state index contributed by atoms with van der Waals surface area (Å²) in [7, 11) is 0. The summed E-state index contributed by atoms with van der Waals surface area (Å²) in [6.07, 6.45) is -5.59. The summed E-state index contributed by atoms with van der Waals surface area (Å²) in [4.78, 5) is 25.2. The fraction of sp³-hybridized carbons (Fsp3) is 0.625. The first-order valence-corrected chi connectivity index (χ1v) is 10.6. The second-order valence-corrected chi connectivity index (χ2v) is 8.73. The zero-order valence-corrected chi connectivity index (χ0v) is 17.3. The van der Waals surface area contributed by atoms with Gasteiger partial charge in [-0.3, -0.25) is 4.79 Å². The number of nitrogens with zero attached hydrogens (tertiary/aromatic N) is 1. The van der Waals surface area contributed by atoms with E-state index < -0.39 is 53.8 Å². The number of thioether (sulfide) groups is 1. The number of amides is 1. The van der Waals surface area contributed by atoms with Crippen LogP contribution in [-0.4, -0.2) is 85.9 Å². The van der Waals surface area contributed by atoms with Gasteiger partial charge < -0.3 is 35.2 Å². The van der Waals surface area contributed by atoms with Gasteiger partial charge in [0.1, 0.15) is 39.7 Å². The average Bonchev–Trinajstić information content (AvgIpc) is 3.02. The van der Waals surface area contributed by atoms with Crippen LogP contribution in [0, 0.1) is 6.92 Å². The standard InChI is InChI=1S/C16H23N3O8S2/c1-3-26-14(25)11-5(2)7-12(28-11)18-16(19(17)13(7)24)29-15-10(23)9(22)8(21)6(4-20)27-15/h6,8-10,15-16,18,20-23H,3-4,17H2,1-2H3/t6-,8-,9+,10-,15+,16?/m1/s1. The molecular formula is C16H23N3O8S2. The fourth-order valence-electron chi connectivity index (χ4n) is 3.09. The number of hydrogen-bond donors (Lipinski definition) is 6. The van der Waals surface area contributed by atoms with Crippen molar-refractivity contribution in [3.63, 3.8) is 0 Å². The van der Waals surface area contributed by atoms with Crippen LogP contribution in [0.15, 0.2) is 0 Å². The van der Waals surface area contributed by atoms with Gasteiger partial charge in [-0.25, -0.2) is 15.6 Å². The number of anilines is 1. The Morgan fingerprint density at radius 1 is 1.34 bits per heavy atom. The van der Waals surface area contributed by atoms with Crippen LogP contribution < -0.4 is 11.2 Å². The first kappa shape index (κ1) is 22.2. The van der Waals surface area contributed by atoms with Crippen molar-refractivity contribution in [2.75, 3.05) is 18.5 Å². The molecule has 13 heteroatoms. The number of carbonyl (C=O) groups is 2. The van der Waals surface area contributed by atoms with Crippen molar-refractivity contribution >= 4 is 40.0 Å². The molecule has 0 aliphatic carbocycles. The van der Waals surface area contributed by atoms with E-state index in [4.69, 9.17) is 15.3 Å². The SMILES string of the molecule is CCOC(=O)c1sc2c(c1C)C(=O)N(N)C(S[C@@H]1O[C@H](CO)[C@@H](O)[C@H](O)[C@H]1O)N2. The van der Waals surface area contributed by atoms with Gasteiger partial charge in [0.05, 0.1) is 18.8 Å². The molecule has 1 aromatic heterocycles. The van der Waals surface area contributed by atoms with E-state index in [0.717, 1.165) is 28.1 Å². The number of ether oxygens (including phenoxy) is 2. The lowest BCUT2D eigenvalue weighted by Crippen LogP contribution is -2.59. The number of esters is 1. The average molecular weight is 450 g/mol. The first-order chi connectivity index (χ1) is 13.7. The number of hydrazine groups is 1. The summed E-state index contributed by atoms with van der Waals surface area (Å²) in [5.74, 6) is 4.85. The monoisotopic (exact) mass is 449 g/mol. The Balaban J connectivity index is 1.82. The van der Waals surface area contributed by atoms with E-state index in [0.29, 0.717) is 10.6 Å². The lowest BCUT2D eigenvalue weighted by molar-refractivity contribution is -0.205. The van der Waals surface area contributed by atoms with Crippen molar-refractivity contribution in [1.82, 2.24) is 5.01 Å². The van der Waals surface area contributed by atoms with Crippen molar-refractivity contribution in [1.29, 1.82) is 0 Å². The normalized spacial score (nSPS) is 32.0. The number of aliphatic hydroxyl groups is 4. The van der Waals surface area contributed by atoms with Gasteiger partial charge >= 0.3 is 5.97 Å². The Kier molecular flexibility index (Phi) is 6.70. The second kappa shape index (κ2) is 8.73. The van der Waals surface area contributed by atoms with Gasteiger partial charge in [0.25, 0.3) is 5.91 Å². The van der Waals surface area contributed by atoms with Crippen LogP contribution in [-0.2, 0) is 9.47 Å². The minimum Gasteiger partial charge on any atom is -0.462 e. The van der Waals surface area contributed by atoms with E-state index in [2.05, 4.69) is 5.32 Å². The number of rotatable bonds is 5. The molecule has 0 bridgehead atoms. The van der Waals surface area contributed by atoms with Crippen LogP contribution in [0.3, 0.4) is 0 Å². The summed E-state index contributed by atoms with van der Waals surface area (Å²) in [5, 5.41) is 43.7. The smallest absolute Gasteiger partial charge is 0.348 e. The molecule has 1 unspecified atom stereocenters. The van der Waals surface area contributed by atoms with E-state index in [1.807, 2.05) is 0 Å². The molecule has 162 valence electrons. The molecule has 2 aliphatic heterocycles. The number of nitrogens with two attached hydrogens (primary N) is 1. The van der Waals surface area contributed by atoms with Crippen molar-refractivity contribution in [2.24, 2.45) is 5.84 Å². The van der Waals surface area contributed by atoms with Crippen molar-refractivity contribution in [2.45, 2.75) is 49.2 Å². The zero-order valence-electron chi connectivity index (χ0n) is 15.6. The molecule has 1 amide bonds. The number of carbonyl (C=O) groups excluding carboxylic acids is 2. The topological polar surface area (TPSA) is 175 Å². The van der Waals surface area contributed by atoms with Crippen molar-refractivity contribution in [3.05, 3.63) is 16.0 Å². The number of fused-ring (bicyclic) bond motifs is 1. The highest BCUT2D eigenvalue weighted by atomic mass is 32.2. The molecule has 1 saturated heterocycles. The highest BCUT2D eigenvalue weighted by molar-refractivity contribution is 8.00. The van der Waals surface area contributed by atoms with E-state index in [-0.39, 0.29) is 17.0 Å². The molecule has 1 fully saturated rings. The first-order valence-electron chi connectivity index (χ1n) is 8.82. The molecule has 1 aromatic rings. The van der Waals surface area contributed by atoms with Crippen molar-refractivity contribution in [3.8, 4) is 0 Å². The molecule has 2 aliphatic rings. The lowest BCUT2D eigenvalue weighted by Gasteiger charge is -2.42. The summed E-state index contributed by atoms with van der Waals surface area (Å²) in [6, 6.07) is 0. The van der Waals surface area contributed by atoms with Gasteiger partial charge in [-0.05, 0) is 19.4 Å². The van der Waals surface area contributed by atoms with Gasteiger partial charge in [0.15, 0.2) is 5.50 Å². The minimum atomic E-state index is -1.54. The Bertz CT molecular complexity index is 788. The molecular weight excluding hydrogens is 426 g/mol. The predicted octanol–water partition coefficient (Wildman–Crippen LogP) is -1.21. The Hall–Kier alpha value is -1.45. The van der Waals surface area contributed by atoms with Crippen LogP contribution >= 0.6 is 23.1 Å². The fourth-order valence-corrected chi connectivity index (χ4v) is 5.47. The third kappa shape index (κ3) is 3.96. The zero-order chi connectivity index (χ0) is 21.5. The molecule has 6 atom stereocenters. The number of aliphatic hydroxyl groups excluding tert-OH is 4. The van der Waals surface area contributed by atoms with Crippen molar-refractivity contribution < 1.29 is 39.5 Å². The Morgan fingerprint density at radius 2 is 2.03 bits per heavy atom. The molecule has 0 saturated carbocycles. The maximum atomic E-state index is 12.8. The molecule has 3 heterocycles. The van der Waals surface area contributed by atoms with Gasteiger partial charge in [0, 0.05) is 0 Å². The number of hydrogen-bond acceptors (Lipinski definition) is 12. The van der Waals surface area contributed by atoms with Gasteiger partial charge in [-0.15, -0.1) is 11.3 Å². The third-order valence-corrected chi connectivity index (χ3v) is 7.14. The molecule has 7 N–H and O–H groups in total. The maximum absolute atomic E-state index is 12.8. The Morgan fingerprint density at radius 3 is 2.66 bits per heavy atom. The van der Waals surface area contributed by atoms with E-state index in [1.54, 1.807) is 13.8 Å². The largest absolute Gasteiger partial charge is 0.462 e.